The quantitative estimate of drug-likeness (QED) is 0.323. The summed E-state index contributed by atoms with van der Waals surface area (Å²) in [5.74, 6) is 1.10. The highest BCUT2D eigenvalue weighted by molar-refractivity contribution is 5.86. The van der Waals surface area contributed by atoms with Gasteiger partial charge in [-0.1, -0.05) is 18.2 Å². The molecule has 2 heterocycles. The molecule has 1 aromatic heterocycles. The SMILES string of the molecule is Cc1cc2nccc(Oc3ccc(-c4ccc(OC5CCCCO5)cc4)cc3F)c2cc1C. The first-order valence-electron chi connectivity index (χ1n) is 11.3. The van der Waals surface area contributed by atoms with Gasteiger partial charge in [0, 0.05) is 18.0 Å². The number of hydrogen-bond acceptors (Lipinski definition) is 4. The van der Waals surface area contributed by atoms with E-state index in [1.807, 2.05) is 56.3 Å². The molecule has 1 aliphatic rings. The molecule has 1 saturated heterocycles. The molecule has 5 rings (SSSR count). The third-order valence-corrected chi connectivity index (χ3v) is 6.06. The predicted molar refractivity (Wildman–Crippen MR) is 127 cm³/mol. The average Bonchev–Trinajstić information content (AvgIpc) is 2.83. The van der Waals surface area contributed by atoms with E-state index in [0.29, 0.717) is 5.75 Å². The van der Waals surface area contributed by atoms with Gasteiger partial charge in [-0.15, -0.1) is 0 Å². The van der Waals surface area contributed by atoms with E-state index in [-0.39, 0.29) is 12.0 Å². The fourth-order valence-corrected chi connectivity index (χ4v) is 4.03. The van der Waals surface area contributed by atoms with Crippen molar-refractivity contribution in [2.75, 3.05) is 6.61 Å². The molecule has 4 nitrogen and oxygen atoms in total. The third-order valence-electron chi connectivity index (χ3n) is 6.06. The second kappa shape index (κ2) is 9.20. The number of fused-ring (bicyclic) bond motifs is 1. The van der Waals surface area contributed by atoms with Crippen LogP contribution in [0.4, 0.5) is 4.39 Å². The van der Waals surface area contributed by atoms with E-state index in [9.17, 15) is 4.39 Å². The topological polar surface area (TPSA) is 40.6 Å². The van der Waals surface area contributed by atoms with E-state index in [0.717, 1.165) is 64.8 Å². The molecule has 1 atom stereocenters. The highest BCUT2D eigenvalue weighted by Gasteiger charge is 2.15. The predicted octanol–water partition coefficient (Wildman–Crippen LogP) is 7.36. The first-order chi connectivity index (χ1) is 16.1. The summed E-state index contributed by atoms with van der Waals surface area (Å²) in [7, 11) is 0. The minimum Gasteiger partial charge on any atom is -0.465 e. The molecule has 3 aromatic carbocycles. The molecular formula is C28H26FNO3. The minimum atomic E-state index is -0.419. The summed E-state index contributed by atoms with van der Waals surface area (Å²) < 4.78 is 32.4. The fourth-order valence-electron chi connectivity index (χ4n) is 4.03. The van der Waals surface area contributed by atoms with Crippen molar-refractivity contribution in [1.29, 1.82) is 0 Å². The second-order valence-corrected chi connectivity index (χ2v) is 8.45. The summed E-state index contributed by atoms with van der Waals surface area (Å²) in [5.41, 5.74) is 4.79. The van der Waals surface area contributed by atoms with Crippen LogP contribution in [0.2, 0.25) is 0 Å². The van der Waals surface area contributed by atoms with Gasteiger partial charge in [0.2, 0.25) is 0 Å². The lowest BCUT2D eigenvalue weighted by molar-refractivity contribution is -0.105. The summed E-state index contributed by atoms with van der Waals surface area (Å²) in [4.78, 5) is 4.41. The molecule has 1 fully saturated rings. The first-order valence-corrected chi connectivity index (χ1v) is 11.3. The monoisotopic (exact) mass is 443 g/mol. The summed E-state index contributed by atoms with van der Waals surface area (Å²) in [6.45, 7) is 4.83. The zero-order valence-electron chi connectivity index (χ0n) is 18.8. The molecule has 0 radical (unpaired) electrons. The molecule has 0 saturated carbocycles. The number of aryl methyl sites for hydroxylation is 2. The Labute approximate surface area is 193 Å². The summed E-state index contributed by atoms with van der Waals surface area (Å²) in [5, 5.41) is 0.863. The van der Waals surface area contributed by atoms with Crippen LogP contribution < -0.4 is 9.47 Å². The van der Waals surface area contributed by atoms with Crippen molar-refractivity contribution in [3.8, 4) is 28.4 Å². The zero-order valence-corrected chi connectivity index (χ0v) is 18.8. The molecule has 0 N–H and O–H groups in total. The van der Waals surface area contributed by atoms with Gasteiger partial charge >= 0.3 is 0 Å². The van der Waals surface area contributed by atoms with Crippen molar-refractivity contribution in [1.82, 2.24) is 4.98 Å². The van der Waals surface area contributed by atoms with Crippen LogP contribution >= 0.6 is 0 Å². The maximum absolute atomic E-state index is 15.0. The van der Waals surface area contributed by atoms with Crippen LogP contribution in [0.5, 0.6) is 17.2 Å². The van der Waals surface area contributed by atoms with Crippen LogP contribution in [-0.4, -0.2) is 17.9 Å². The summed E-state index contributed by atoms with van der Waals surface area (Å²) in [6.07, 6.45) is 4.60. The maximum atomic E-state index is 15.0. The normalized spacial score (nSPS) is 16.0. The second-order valence-electron chi connectivity index (χ2n) is 8.45. The Morgan fingerprint density at radius 2 is 1.67 bits per heavy atom. The Kier molecular flexibility index (Phi) is 5.97. The number of pyridine rings is 1. The van der Waals surface area contributed by atoms with Gasteiger partial charge in [-0.2, -0.15) is 0 Å². The van der Waals surface area contributed by atoms with Crippen LogP contribution in [0, 0.1) is 19.7 Å². The van der Waals surface area contributed by atoms with Crippen LogP contribution in [-0.2, 0) is 4.74 Å². The Morgan fingerprint density at radius 1 is 0.879 bits per heavy atom. The van der Waals surface area contributed by atoms with E-state index in [2.05, 4.69) is 4.98 Å². The highest BCUT2D eigenvalue weighted by Crippen LogP contribution is 2.34. The van der Waals surface area contributed by atoms with Gasteiger partial charge in [-0.3, -0.25) is 4.98 Å². The number of rotatable bonds is 5. The Morgan fingerprint density at radius 3 is 2.42 bits per heavy atom. The molecular weight excluding hydrogens is 417 g/mol. The van der Waals surface area contributed by atoms with Crippen molar-refractivity contribution in [2.24, 2.45) is 0 Å². The number of nitrogens with zero attached hydrogens (tertiary/aromatic N) is 1. The molecule has 33 heavy (non-hydrogen) atoms. The Balaban J connectivity index is 1.35. The van der Waals surface area contributed by atoms with Crippen molar-refractivity contribution in [2.45, 2.75) is 39.4 Å². The number of benzene rings is 3. The molecule has 0 bridgehead atoms. The molecule has 1 aliphatic heterocycles. The van der Waals surface area contributed by atoms with E-state index >= 15 is 0 Å². The Bertz CT molecular complexity index is 1280. The molecule has 5 heteroatoms. The number of hydrogen-bond donors (Lipinski definition) is 0. The minimum absolute atomic E-state index is 0.180. The van der Waals surface area contributed by atoms with Crippen LogP contribution in [0.15, 0.2) is 66.9 Å². The standard InChI is InChI=1S/C28H26FNO3/c1-18-15-23-25(16-19(18)2)30-13-12-26(23)33-27-11-8-21(17-24(27)29)20-6-9-22(10-7-20)32-28-5-3-4-14-31-28/h6-13,15-17,28H,3-5,14H2,1-2H3. The highest BCUT2D eigenvalue weighted by atomic mass is 19.1. The summed E-state index contributed by atoms with van der Waals surface area (Å²) >= 11 is 0. The average molecular weight is 444 g/mol. The fraction of sp³-hybridized carbons (Fsp3) is 0.250. The van der Waals surface area contributed by atoms with Crippen molar-refractivity contribution >= 4 is 10.9 Å². The number of ether oxygens (including phenoxy) is 3. The molecule has 1 unspecified atom stereocenters. The van der Waals surface area contributed by atoms with Crippen molar-refractivity contribution in [3.63, 3.8) is 0 Å². The number of aromatic nitrogens is 1. The van der Waals surface area contributed by atoms with Crippen molar-refractivity contribution in [3.05, 3.63) is 83.8 Å². The lowest BCUT2D eigenvalue weighted by atomic mass is 10.0. The van der Waals surface area contributed by atoms with E-state index in [1.54, 1.807) is 18.3 Å². The van der Waals surface area contributed by atoms with Gasteiger partial charge in [0.15, 0.2) is 17.9 Å². The molecule has 0 aliphatic carbocycles. The van der Waals surface area contributed by atoms with Gasteiger partial charge in [0.1, 0.15) is 11.5 Å². The molecule has 0 amide bonds. The lowest BCUT2D eigenvalue weighted by Gasteiger charge is -2.23. The summed E-state index contributed by atoms with van der Waals surface area (Å²) in [6, 6.07) is 18.5. The molecule has 0 spiro atoms. The van der Waals surface area contributed by atoms with Gasteiger partial charge in [0.25, 0.3) is 0 Å². The lowest BCUT2D eigenvalue weighted by Crippen LogP contribution is -2.24. The molecule has 168 valence electrons. The van der Waals surface area contributed by atoms with Crippen LogP contribution in [0.3, 0.4) is 0 Å². The van der Waals surface area contributed by atoms with E-state index in [1.165, 1.54) is 6.07 Å². The first kappa shape index (κ1) is 21.4. The van der Waals surface area contributed by atoms with Gasteiger partial charge < -0.3 is 14.2 Å². The molecule has 4 aromatic rings. The Hall–Kier alpha value is -3.44. The van der Waals surface area contributed by atoms with Gasteiger partial charge in [0.05, 0.1) is 12.1 Å². The maximum Gasteiger partial charge on any atom is 0.199 e. The zero-order chi connectivity index (χ0) is 22.8. The smallest absolute Gasteiger partial charge is 0.199 e. The van der Waals surface area contributed by atoms with Gasteiger partial charge in [-0.05, 0) is 91.4 Å². The largest absolute Gasteiger partial charge is 0.465 e. The third kappa shape index (κ3) is 4.69. The van der Waals surface area contributed by atoms with Crippen LogP contribution in [0.1, 0.15) is 30.4 Å². The van der Waals surface area contributed by atoms with Crippen molar-refractivity contribution < 1.29 is 18.6 Å². The number of halogens is 1. The van der Waals surface area contributed by atoms with Gasteiger partial charge in [-0.25, -0.2) is 4.39 Å². The van der Waals surface area contributed by atoms with E-state index in [4.69, 9.17) is 14.2 Å². The van der Waals surface area contributed by atoms with E-state index < -0.39 is 5.82 Å². The van der Waals surface area contributed by atoms with Crippen LogP contribution in [0.25, 0.3) is 22.0 Å².